The van der Waals surface area contributed by atoms with Crippen molar-refractivity contribution >= 4 is 51.0 Å². The molecule has 0 unspecified atom stereocenters. The highest BCUT2D eigenvalue weighted by Gasteiger charge is 2.22. The SMILES string of the molecule is CCSC1=NC(=Cc2ccc(OC(C)=O)c(OC(C)=O)c2)C(=O)S1. The van der Waals surface area contributed by atoms with Gasteiger partial charge in [-0.25, -0.2) is 4.99 Å². The number of benzene rings is 1. The summed E-state index contributed by atoms with van der Waals surface area (Å²) in [5.74, 6) is 0.0122. The second-order valence-electron chi connectivity index (χ2n) is 4.62. The lowest BCUT2D eigenvalue weighted by Crippen LogP contribution is -2.07. The van der Waals surface area contributed by atoms with Crippen molar-refractivity contribution in [3.63, 3.8) is 0 Å². The van der Waals surface area contributed by atoms with E-state index in [4.69, 9.17) is 9.47 Å². The summed E-state index contributed by atoms with van der Waals surface area (Å²) in [6.45, 7) is 4.49. The summed E-state index contributed by atoms with van der Waals surface area (Å²) in [5.41, 5.74) is 0.933. The molecule has 2 rings (SSSR count). The number of ether oxygens (including phenoxy) is 2. The molecule has 0 N–H and O–H groups in total. The molecule has 0 amide bonds. The molecule has 0 radical (unpaired) electrons. The molecular formula is C16H15NO5S2. The van der Waals surface area contributed by atoms with Crippen LogP contribution in [-0.2, 0) is 14.4 Å². The van der Waals surface area contributed by atoms with Gasteiger partial charge in [0.1, 0.15) is 10.1 Å². The lowest BCUT2D eigenvalue weighted by atomic mass is 10.1. The fourth-order valence-corrected chi connectivity index (χ4v) is 3.56. The molecule has 0 aliphatic carbocycles. The number of hydrogen-bond acceptors (Lipinski definition) is 8. The Hall–Kier alpha value is -2.06. The molecule has 1 aliphatic rings. The molecule has 0 saturated carbocycles. The smallest absolute Gasteiger partial charge is 0.308 e. The number of esters is 2. The number of carbonyl (C=O) groups excluding carboxylic acids is 3. The van der Waals surface area contributed by atoms with Gasteiger partial charge < -0.3 is 9.47 Å². The van der Waals surface area contributed by atoms with Gasteiger partial charge in [-0.05, 0) is 41.3 Å². The van der Waals surface area contributed by atoms with Gasteiger partial charge in [0.25, 0.3) is 0 Å². The van der Waals surface area contributed by atoms with E-state index in [0.29, 0.717) is 15.6 Å². The van der Waals surface area contributed by atoms with Crippen LogP contribution in [0.5, 0.6) is 11.5 Å². The van der Waals surface area contributed by atoms with E-state index in [0.717, 1.165) is 17.5 Å². The van der Waals surface area contributed by atoms with Crippen LogP contribution in [0, 0.1) is 0 Å². The molecule has 8 heteroatoms. The van der Waals surface area contributed by atoms with Crippen molar-refractivity contribution in [3.8, 4) is 11.5 Å². The van der Waals surface area contributed by atoms with Crippen LogP contribution in [0.3, 0.4) is 0 Å². The molecule has 24 heavy (non-hydrogen) atoms. The molecule has 0 aromatic heterocycles. The highest BCUT2D eigenvalue weighted by Crippen LogP contribution is 2.33. The number of aliphatic imine (C=N–C) groups is 1. The van der Waals surface area contributed by atoms with Crippen molar-refractivity contribution in [1.82, 2.24) is 0 Å². The number of nitrogens with zero attached hydrogens (tertiary/aromatic N) is 1. The molecular weight excluding hydrogens is 350 g/mol. The summed E-state index contributed by atoms with van der Waals surface area (Å²) in [6, 6.07) is 4.67. The minimum atomic E-state index is -0.541. The molecule has 6 nitrogen and oxygen atoms in total. The molecule has 0 atom stereocenters. The minimum Gasteiger partial charge on any atom is -0.423 e. The molecule has 1 aromatic rings. The van der Waals surface area contributed by atoms with Crippen LogP contribution < -0.4 is 9.47 Å². The number of hydrogen-bond donors (Lipinski definition) is 0. The second-order valence-corrected chi connectivity index (χ2v) is 7.10. The Kier molecular flexibility index (Phi) is 6.22. The van der Waals surface area contributed by atoms with Gasteiger partial charge in [-0.15, -0.1) is 0 Å². The van der Waals surface area contributed by atoms with Crippen molar-refractivity contribution in [2.24, 2.45) is 4.99 Å². The summed E-state index contributed by atoms with van der Waals surface area (Å²) in [6.07, 6.45) is 1.60. The summed E-state index contributed by atoms with van der Waals surface area (Å²) in [4.78, 5) is 38.6. The Morgan fingerprint density at radius 3 is 2.50 bits per heavy atom. The average Bonchev–Trinajstić information content (AvgIpc) is 2.81. The molecule has 1 aromatic carbocycles. The molecule has 1 aliphatic heterocycles. The standard InChI is InChI=1S/C16H15NO5S2/c1-4-23-16-17-12(15(20)24-16)7-11-5-6-13(21-9(2)18)14(8-11)22-10(3)19/h5-8H,4H2,1-3H3. The zero-order valence-corrected chi connectivity index (χ0v) is 15.0. The van der Waals surface area contributed by atoms with Gasteiger partial charge in [0.05, 0.1) is 0 Å². The summed E-state index contributed by atoms with van der Waals surface area (Å²) < 4.78 is 10.8. The molecule has 0 fully saturated rings. The van der Waals surface area contributed by atoms with Gasteiger partial charge in [-0.1, -0.05) is 24.8 Å². The minimum absolute atomic E-state index is 0.109. The Morgan fingerprint density at radius 2 is 1.88 bits per heavy atom. The van der Waals surface area contributed by atoms with E-state index < -0.39 is 11.9 Å². The van der Waals surface area contributed by atoms with Gasteiger partial charge >= 0.3 is 11.9 Å². The van der Waals surface area contributed by atoms with Gasteiger partial charge in [0, 0.05) is 13.8 Å². The van der Waals surface area contributed by atoms with Crippen molar-refractivity contribution in [2.45, 2.75) is 20.8 Å². The van der Waals surface area contributed by atoms with Gasteiger partial charge in [-0.3, -0.25) is 14.4 Å². The van der Waals surface area contributed by atoms with Crippen LogP contribution in [0.15, 0.2) is 28.9 Å². The van der Waals surface area contributed by atoms with E-state index >= 15 is 0 Å². The van der Waals surface area contributed by atoms with E-state index in [1.165, 1.54) is 37.7 Å². The van der Waals surface area contributed by atoms with E-state index in [-0.39, 0.29) is 16.6 Å². The average molecular weight is 365 g/mol. The summed E-state index contributed by atoms with van der Waals surface area (Å²) in [7, 11) is 0. The predicted octanol–water partition coefficient (Wildman–Crippen LogP) is 3.26. The first-order valence-corrected chi connectivity index (χ1v) is 8.85. The van der Waals surface area contributed by atoms with E-state index in [1.807, 2.05) is 6.92 Å². The topological polar surface area (TPSA) is 82.0 Å². The fraction of sp³-hybridized carbons (Fsp3) is 0.250. The van der Waals surface area contributed by atoms with Crippen LogP contribution in [-0.4, -0.2) is 27.2 Å². The third-order valence-corrected chi connectivity index (χ3v) is 4.54. The zero-order valence-electron chi connectivity index (χ0n) is 13.3. The monoisotopic (exact) mass is 365 g/mol. The first-order chi connectivity index (χ1) is 11.4. The Bertz CT molecular complexity index is 755. The van der Waals surface area contributed by atoms with Crippen molar-refractivity contribution in [3.05, 3.63) is 29.5 Å². The largest absolute Gasteiger partial charge is 0.423 e. The fourth-order valence-electron chi connectivity index (χ4n) is 1.82. The maximum Gasteiger partial charge on any atom is 0.308 e. The second kappa shape index (κ2) is 8.16. The van der Waals surface area contributed by atoms with Crippen molar-refractivity contribution in [1.29, 1.82) is 0 Å². The van der Waals surface area contributed by atoms with Crippen LogP contribution in [0.25, 0.3) is 6.08 Å². The number of thioether (sulfide) groups is 2. The summed E-state index contributed by atoms with van der Waals surface area (Å²) in [5, 5.41) is -0.135. The van der Waals surface area contributed by atoms with Gasteiger partial charge in [0.15, 0.2) is 11.5 Å². The Balaban J connectivity index is 2.34. The van der Waals surface area contributed by atoms with Crippen LogP contribution in [0.2, 0.25) is 0 Å². The molecule has 126 valence electrons. The van der Waals surface area contributed by atoms with E-state index in [2.05, 4.69) is 4.99 Å². The molecule has 1 heterocycles. The Labute approximate surface area is 147 Å². The number of carbonyl (C=O) groups is 3. The first kappa shape index (κ1) is 18.3. The Morgan fingerprint density at radius 1 is 1.21 bits per heavy atom. The van der Waals surface area contributed by atoms with Gasteiger partial charge in [0.2, 0.25) is 5.12 Å². The van der Waals surface area contributed by atoms with E-state index in [1.54, 1.807) is 12.1 Å². The van der Waals surface area contributed by atoms with Gasteiger partial charge in [-0.2, -0.15) is 0 Å². The number of rotatable bonds is 4. The van der Waals surface area contributed by atoms with E-state index in [9.17, 15) is 14.4 Å². The predicted molar refractivity (Wildman–Crippen MR) is 95.2 cm³/mol. The maximum absolute atomic E-state index is 12.0. The summed E-state index contributed by atoms with van der Waals surface area (Å²) >= 11 is 2.60. The highest BCUT2D eigenvalue weighted by molar-refractivity contribution is 8.45. The van der Waals surface area contributed by atoms with Crippen molar-refractivity contribution < 1.29 is 23.9 Å². The molecule has 0 spiro atoms. The highest BCUT2D eigenvalue weighted by atomic mass is 32.2. The van der Waals surface area contributed by atoms with Crippen LogP contribution >= 0.6 is 23.5 Å². The van der Waals surface area contributed by atoms with Crippen LogP contribution in [0.4, 0.5) is 0 Å². The quantitative estimate of drug-likeness (QED) is 0.460. The lowest BCUT2D eigenvalue weighted by molar-refractivity contribution is -0.134. The third-order valence-electron chi connectivity index (χ3n) is 2.65. The molecule has 0 bridgehead atoms. The third kappa shape index (κ3) is 4.97. The normalized spacial score (nSPS) is 15.4. The van der Waals surface area contributed by atoms with Crippen molar-refractivity contribution in [2.75, 3.05) is 5.75 Å². The maximum atomic E-state index is 12.0. The lowest BCUT2D eigenvalue weighted by Gasteiger charge is -2.09. The zero-order chi connectivity index (χ0) is 17.7. The first-order valence-electron chi connectivity index (χ1n) is 7.05. The van der Waals surface area contributed by atoms with Crippen LogP contribution in [0.1, 0.15) is 26.3 Å². The molecule has 0 saturated heterocycles.